The van der Waals surface area contributed by atoms with Gasteiger partial charge in [0.05, 0.1) is 11.8 Å². The maximum atomic E-state index is 12.7. The number of hydrogen-bond acceptors (Lipinski definition) is 3. The first-order valence-corrected chi connectivity index (χ1v) is 10.1. The highest BCUT2D eigenvalue weighted by atomic mass is 16.2. The van der Waals surface area contributed by atoms with Crippen LogP contribution in [0, 0.1) is 40.4 Å². The van der Waals surface area contributed by atoms with E-state index in [-0.39, 0.29) is 64.8 Å². The molecule has 0 spiro atoms. The number of hydrogen-bond donors (Lipinski definition) is 1. The molecule has 3 amide bonds. The summed E-state index contributed by atoms with van der Waals surface area (Å²) >= 11 is 0. The van der Waals surface area contributed by atoms with Crippen LogP contribution in [0.5, 0.6) is 0 Å². The summed E-state index contributed by atoms with van der Waals surface area (Å²) in [5, 5.41) is 3.18. The van der Waals surface area contributed by atoms with Crippen LogP contribution in [0.15, 0.2) is 12.2 Å². The summed E-state index contributed by atoms with van der Waals surface area (Å²) in [6.07, 6.45) is 8.46. The maximum Gasteiger partial charge on any atom is 0.240 e. The number of allylic oxidation sites excluding steroid dienone is 2. The van der Waals surface area contributed by atoms with E-state index in [1.165, 1.54) is 11.3 Å². The standard InChI is InChI=1S/C21H28N2O3/c1-20(2)13-6-7-21(20,3)14(9-13)22-15(24)10-23-18(25)16-11-4-5-12(8-11)17(16)19(23)26/h4-5,11-14,16-17H,6-10H2,1-3H3,(H,22,24)/t11-,12-,13-,14+,16+,17+,21-/m0/s1. The van der Waals surface area contributed by atoms with Crippen LogP contribution in [-0.4, -0.2) is 35.2 Å². The van der Waals surface area contributed by atoms with Crippen LogP contribution in [0.3, 0.4) is 0 Å². The number of likely N-dealkylation sites (tertiary alicyclic amines) is 1. The molecule has 4 bridgehead atoms. The minimum atomic E-state index is -0.218. The summed E-state index contributed by atoms with van der Waals surface area (Å²) < 4.78 is 0. The van der Waals surface area contributed by atoms with Gasteiger partial charge in [0.15, 0.2) is 0 Å². The smallest absolute Gasteiger partial charge is 0.240 e. The molecule has 0 aromatic carbocycles. The molecule has 140 valence electrons. The molecular weight excluding hydrogens is 328 g/mol. The van der Waals surface area contributed by atoms with Crippen LogP contribution < -0.4 is 5.32 Å². The molecule has 7 atom stereocenters. The molecule has 4 aliphatic carbocycles. The minimum absolute atomic E-state index is 0.103. The monoisotopic (exact) mass is 356 g/mol. The number of nitrogens with one attached hydrogen (secondary N) is 1. The van der Waals surface area contributed by atoms with Crippen molar-refractivity contribution >= 4 is 17.7 Å². The van der Waals surface area contributed by atoms with Crippen molar-refractivity contribution in [2.24, 2.45) is 40.4 Å². The molecule has 5 nitrogen and oxygen atoms in total. The van der Waals surface area contributed by atoms with Crippen molar-refractivity contribution in [1.82, 2.24) is 10.2 Å². The Labute approximate surface area is 154 Å². The van der Waals surface area contributed by atoms with Crippen molar-refractivity contribution < 1.29 is 14.4 Å². The van der Waals surface area contributed by atoms with Gasteiger partial charge in [-0.25, -0.2) is 0 Å². The molecule has 0 unspecified atom stereocenters. The SMILES string of the molecule is CC1(C)[C@H]2CC[C@@]1(C)[C@H](NC(=O)CN1C(=O)[C@H]3[C@H](C1=O)[C@H]1C=C[C@H]3C1)C2. The number of carbonyl (C=O) groups excluding carboxylic acids is 3. The Hall–Kier alpha value is -1.65. The van der Waals surface area contributed by atoms with Gasteiger partial charge >= 0.3 is 0 Å². The Morgan fingerprint density at radius 3 is 2.23 bits per heavy atom. The van der Waals surface area contributed by atoms with E-state index >= 15 is 0 Å². The van der Waals surface area contributed by atoms with Crippen molar-refractivity contribution in [2.75, 3.05) is 6.54 Å². The molecule has 26 heavy (non-hydrogen) atoms. The van der Waals surface area contributed by atoms with Gasteiger partial charge in [-0.3, -0.25) is 19.3 Å². The normalized spacial score (nSPS) is 47.1. The fraction of sp³-hybridized carbons (Fsp3) is 0.762. The summed E-state index contributed by atoms with van der Waals surface area (Å²) in [6.45, 7) is 6.80. The Morgan fingerprint density at radius 1 is 1.12 bits per heavy atom. The predicted molar refractivity (Wildman–Crippen MR) is 95.6 cm³/mol. The lowest BCUT2D eigenvalue weighted by molar-refractivity contribution is -0.144. The fourth-order valence-electron chi connectivity index (χ4n) is 6.93. The van der Waals surface area contributed by atoms with Crippen LogP contribution in [0.25, 0.3) is 0 Å². The van der Waals surface area contributed by atoms with Crippen molar-refractivity contribution in [1.29, 1.82) is 0 Å². The molecule has 1 heterocycles. The molecule has 0 aromatic heterocycles. The van der Waals surface area contributed by atoms with Crippen molar-refractivity contribution in [2.45, 2.75) is 52.5 Å². The second-order valence-electron chi connectivity index (χ2n) is 9.99. The third kappa shape index (κ3) is 1.84. The zero-order chi connectivity index (χ0) is 18.4. The number of nitrogens with zero attached hydrogens (tertiary/aromatic N) is 1. The van der Waals surface area contributed by atoms with E-state index in [4.69, 9.17) is 0 Å². The highest BCUT2D eigenvalue weighted by Crippen LogP contribution is 2.65. The van der Waals surface area contributed by atoms with Gasteiger partial charge in [0.2, 0.25) is 17.7 Å². The van der Waals surface area contributed by atoms with E-state index < -0.39 is 0 Å². The molecule has 1 aliphatic heterocycles. The average Bonchev–Trinajstić information content (AvgIpc) is 3.33. The van der Waals surface area contributed by atoms with E-state index in [9.17, 15) is 14.4 Å². The van der Waals surface area contributed by atoms with Gasteiger partial charge in [0, 0.05) is 6.04 Å². The molecular formula is C21H28N2O3. The summed E-state index contributed by atoms with van der Waals surface area (Å²) in [5.74, 6) is 0.154. The van der Waals surface area contributed by atoms with Crippen LogP contribution in [-0.2, 0) is 14.4 Å². The molecule has 5 rings (SSSR count). The fourth-order valence-corrected chi connectivity index (χ4v) is 6.93. The minimum Gasteiger partial charge on any atom is -0.351 e. The Bertz CT molecular complexity index is 712. The van der Waals surface area contributed by atoms with Crippen molar-refractivity contribution in [3.63, 3.8) is 0 Å². The van der Waals surface area contributed by atoms with Gasteiger partial charge < -0.3 is 5.32 Å². The van der Waals surface area contributed by atoms with E-state index in [2.05, 4.69) is 38.2 Å². The summed E-state index contributed by atoms with van der Waals surface area (Å²) in [7, 11) is 0. The molecule has 0 radical (unpaired) electrons. The van der Waals surface area contributed by atoms with E-state index in [0.717, 1.165) is 19.3 Å². The van der Waals surface area contributed by atoms with E-state index in [1.807, 2.05) is 0 Å². The zero-order valence-corrected chi connectivity index (χ0v) is 15.8. The average molecular weight is 356 g/mol. The van der Waals surface area contributed by atoms with Crippen LogP contribution in [0.4, 0.5) is 0 Å². The number of carbonyl (C=O) groups is 3. The summed E-state index contributed by atoms with van der Waals surface area (Å²) in [6, 6.07) is 0.147. The number of rotatable bonds is 3. The Balaban J connectivity index is 1.28. The van der Waals surface area contributed by atoms with E-state index in [0.29, 0.717) is 5.92 Å². The lowest BCUT2D eigenvalue weighted by Gasteiger charge is -2.39. The topological polar surface area (TPSA) is 66.5 Å². The third-order valence-corrected chi connectivity index (χ3v) is 8.99. The number of imide groups is 1. The number of amides is 3. The van der Waals surface area contributed by atoms with Crippen molar-refractivity contribution in [3.05, 3.63) is 12.2 Å². The van der Waals surface area contributed by atoms with E-state index in [1.54, 1.807) is 0 Å². The molecule has 3 saturated carbocycles. The molecule has 5 heteroatoms. The van der Waals surface area contributed by atoms with Crippen molar-refractivity contribution in [3.8, 4) is 0 Å². The predicted octanol–water partition coefficient (Wildman–Crippen LogP) is 2.12. The lowest BCUT2D eigenvalue weighted by Crippen LogP contribution is -2.50. The highest BCUT2D eigenvalue weighted by molar-refractivity contribution is 6.08. The van der Waals surface area contributed by atoms with Crippen LogP contribution >= 0.6 is 0 Å². The van der Waals surface area contributed by atoms with Gasteiger partial charge in [-0.2, -0.15) is 0 Å². The first-order chi connectivity index (χ1) is 12.2. The lowest BCUT2D eigenvalue weighted by atomic mass is 9.69. The molecule has 1 saturated heterocycles. The summed E-state index contributed by atoms with van der Waals surface area (Å²) in [4.78, 5) is 39.4. The van der Waals surface area contributed by atoms with Crippen LogP contribution in [0.2, 0.25) is 0 Å². The highest BCUT2D eigenvalue weighted by Gasteiger charge is 2.62. The molecule has 0 aromatic rings. The second-order valence-corrected chi connectivity index (χ2v) is 9.99. The molecule has 4 fully saturated rings. The van der Waals surface area contributed by atoms with Gasteiger partial charge in [-0.05, 0) is 54.3 Å². The quantitative estimate of drug-likeness (QED) is 0.622. The summed E-state index contributed by atoms with van der Waals surface area (Å²) in [5.41, 5.74) is 0.331. The largest absolute Gasteiger partial charge is 0.351 e. The Morgan fingerprint density at radius 2 is 1.73 bits per heavy atom. The number of fused-ring (bicyclic) bond motifs is 7. The third-order valence-electron chi connectivity index (χ3n) is 8.99. The molecule has 5 aliphatic rings. The first-order valence-electron chi connectivity index (χ1n) is 10.1. The van der Waals surface area contributed by atoms with Gasteiger partial charge in [-0.15, -0.1) is 0 Å². The van der Waals surface area contributed by atoms with Gasteiger partial charge in [0.25, 0.3) is 0 Å². The second kappa shape index (κ2) is 4.99. The van der Waals surface area contributed by atoms with Gasteiger partial charge in [0.1, 0.15) is 6.54 Å². The Kier molecular flexibility index (Phi) is 3.17. The first kappa shape index (κ1) is 16.5. The van der Waals surface area contributed by atoms with Crippen LogP contribution in [0.1, 0.15) is 46.5 Å². The maximum absolute atomic E-state index is 12.7. The zero-order valence-electron chi connectivity index (χ0n) is 15.8. The van der Waals surface area contributed by atoms with Gasteiger partial charge in [-0.1, -0.05) is 32.9 Å². The molecule has 1 N–H and O–H groups in total.